The molecule has 1 aromatic carbocycles. The molecular weight excluding hydrogens is 314 g/mol. The summed E-state index contributed by atoms with van der Waals surface area (Å²) in [5.41, 5.74) is -0.0154. The second-order valence-corrected chi connectivity index (χ2v) is 6.02. The van der Waals surface area contributed by atoms with Gasteiger partial charge in [0.2, 0.25) is 10.0 Å². The number of aliphatic carboxylic acids is 1. The van der Waals surface area contributed by atoms with Crippen LogP contribution in [0.25, 0.3) is 0 Å². The summed E-state index contributed by atoms with van der Waals surface area (Å²) in [6.45, 7) is -0.0196. The summed E-state index contributed by atoms with van der Waals surface area (Å²) < 4.78 is 36.0. The summed E-state index contributed by atoms with van der Waals surface area (Å²) in [4.78, 5) is 21.9. The van der Waals surface area contributed by atoms with Crippen molar-refractivity contribution in [1.82, 2.24) is 4.72 Å². The Morgan fingerprint density at radius 3 is 2.50 bits per heavy atom. The van der Waals surface area contributed by atoms with Gasteiger partial charge in [-0.05, 0) is 24.6 Å². The van der Waals surface area contributed by atoms with E-state index < -0.39 is 22.0 Å². The molecule has 9 heteroatoms. The number of ether oxygens (including phenoxy) is 2. The molecule has 1 rings (SSSR count). The predicted octanol–water partition coefficient (Wildman–Crippen LogP) is 0.625. The van der Waals surface area contributed by atoms with E-state index in [0.717, 1.165) is 6.07 Å². The van der Waals surface area contributed by atoms with Gasteiger partial charge in [0.25, 0.3) is 0 Å². The summed E-state index contributed by atoms with van der Waals surface area (Å²) in [6, 6.07) is 3.77. The third-order valence-corrected chi connectivity index (χ3v) is 4.20. The summed E-state index contributed by atoms with van der Waals surface area (Å²) >= 11 is 0. The Kier molecular flexibility index (Phi) is 6.32. The predicted molar refractivity (Wildman–Crippen MR) is 76.4 cm³/mol. The van der Waals surface area contributed by atoms with Crippen LogP contribution in [0.1, 0.15) is 23.2 Å². The van der Waals surface area contributed by atoms with Gasteiger partial charge in [-0.2, -0.15) is 0 Å². The molecule has 0 unspecified atom stereocenters. The van der Waals surface area contributed by atoms with Crippen molar-refractivity contribution in [2.75, 3.05) is 20.8 Å². The van der Waals surface area contributed by atoms with E-state index in [1.54, 1.807) is 0 Å². The lowest BCUT2D eigenvalue weighted by atomic mass is 10.2. The zero-order valence-electron chi connectivity index (χ0n) is 12.2. The molecule has 0 fully saturated rings. The van der Waals surface area contributed by atoms with Gasteiger partial charge >= 0.3 is 11.9 Å². The van der Waals surface area contributed by atoms with E-state index in [1.165, 1.54) is 26.4 Å². The summed E-state index contributed by atoms with van der Waals surface area (Å²) in [6.07, 6.45) is 0.0210. The first-order valence-corrected chi connectivity index (χ1v) is 7.78. The number of hydrogen-bond donors (Lipinski definition) is 2. The van der Waals surface area contributed by atoms with E-state index in [1.807, 2.05) is 0 Å². The molecule has 0 heterocycles. The minimum atomic E-state index is -3.85. The molecule has 0 aliphatic carbocycles. The highest BCUT2D eigenvalue weighted by molar-refractivity contribution is 7.89. The second-order valence-electron chi connectivity index (χ2n) is 4.25. The fourth-order valence-electron chi connectivity index (χ4n) is 1.65. The first-order valence-electron chi connectivity index (χ1n) is 6.29. The van der Waals surface area contributed by atoms with Crippen LogP contribution in [0.15, 0.2) is 23.1 Å². The minimum Gasteiger partial charge on any atom is -0.496 e. The van der Waals surface area contributed by atoms with E-state index in [0.29, 0.717) is 0 Å². The highest BCUT2D eigenvalue weighted by atomic mass is 32.2. The zero-order chi connectivity index (χ0) is 16.8. The number of rotatable bonds is 8. The maximum atomic E-state index is 12.1. The Morgan fingerprint density at radius 1 is 1.27 bits per heavy atom. The van der Waals surface area contributed by atoms with Crippen molar-refractivity contribution in [3.63, 3.8) is 0 Å². The number of carbonyl (C=O) groups is 2. The number of carboxylic acid groups (broad SMARTS) is 1. The lowest BCUT2D eigenvalue weighted by Gasteiger charge is -2.10. The van der Waals surface area contributed by atoms with Gasteiger partial charge in [-0.3, -0.25) is 4.79 Å². The molecule has 0 aromatic heterocycles. The second kappa shape index (κ2) is 7.76. The van der Waals surface area contributed by atoms with E-state index in [9.17, 15) is 18.0 Å². The lowest BCUT2D eigenvalue weighted by Crippen LogP contribution is -2.25. The Labute approximate surface area is 128 Å². The van der Waals surface area contributed by atoms with Gasteiger partial charge in [0, 0.05) is 13.0 Å². The van der Waals surface area contributed by atoms with Crippen molar-refractivity contribution in [2.45, 2.75) is 17.7 Å². The van der Waals surface area contributed by atoms with Crippen LogP contribution >= 0.6 is 0 Å². The van der Waals surface area contributed by atoms with E-state index >= 15 is 0 Å². The molecule has 0 radical (unpaired) electrons. The molecule has 0 bridgehead atoms. The number of esters is 1. The fraction of sp³-hybridized carbons (Fsp3) is 0.385. The Balaban J connectivity index is 2.95. The highest BCUT2D eigenvalue weighted by Gasteiger charge is 2.20. The topological polar surface area (TPSA) is 119 Å². The van der Waals surface area contributed by atoms with Crippen LogP contribution in [-0.4, -0.2) is 46.2 Å². The molecule has 0 spiro atoms. The van der Waals surface area contributed by atoms with Gasteiger partial charge in [-0.25, -0.2) is 17.9 Å². The Morgan fingerprint density at radius 2 is 1.95 bits per heavy atom. The van der Waals surface area contributed by atoms with Crippen LogP contribution in [0.4, 0.5) is 0 Å². The molecule has 0 saturated heterocycles. The molecule has 2 N–H and O–H groups in total. The minimum absolute atomic E-state index is 0.0154. The van der Waals surface area contributed by atoms with E-state index in [2.05, 4.69) is 9.46 Å². The van der Waals surface area contributed by atoms with Gasteiger partial charge in [0.1, 0.15) is 11.3 Å². The van der Waals surface area contributed by atoms with Crippen molar-refractivity contribution in [1.29, 1.82) is 0 Å². The molecule has 8 nitrogen and oxygen atoms in total. The molecule has 0 aliphatic heterocycles. The lowest BCUT2D eigenvalue weighted by molar-refractivity contribution is -0.137. The van der Waals surface area contributed by atoms with Gasteiger partial charge in [-0.15, -0.1) is 0 Å². The van der Waals surface area contributed by atoms with Gasteiger partial charge in [0.15, 0.2) is 0 Å². The summed E-state index contributed by atoms with van der Waals surface area (Å²) in [7, 11) is -1.33. The third kappa shape index (κ3) is 4.71. The average Bonchev–Trinajstić information content (AvgIpc) is 2.50. The number of carbonyl (C=O) groups excluding carboxylic acids is 1. The first-order chi connectivity index (χ1) is 10.3. The van der Waals surface area contributed by atoms with E-state index in [4.69, 9.17) is 9.84 Å². The van der Waals surface area contributed by atoms with Crippen LogP contribution in [0, 0.1) is 0 Å². The molecule has 0 amide bonds. The maximum Gasteiger partial charge on any atom is 0.341 e. The normalized spacial score (nSPS) is 11.0. The first kappa shape index (κ1) is 17.9. The van der Waals surface area contributed by atoms with Crippen LogP contribution in [-0.2, 0) is 19.6 Å². The van der Waals surface area contributed by atoms with Crippen LogP contribution in [0.5, 0.6) is 5.75 Å². The number of carboxylic acids is 1. The van der Waals surface area contributed by atoms with Gasteiger partial charge in [-0.1, -0.05) is 0 Å². The number of benzene rings is 1. The van der Waals surface area contributed by atoms with Gasteiger partial charge in [0.05, 0.1) is 19.1 Å². The molecule has 0 aliphatic rings. The molecule has 0 atom stereocenters. The Hall–Kier alpha value is -2.13. The number of methoxy groups -OCH3 is 2. The van der Waals surface area contributed by atoms with Crippen molar-refractivity contribution in [3.05, 3.63) is 23.8 Å². The summed E-state index contributed by atoms with van der Waals surface area (Å²) in [5.74, 6) is -1.53. The SMILES string of the molecule is COC(=O)c1cc(S(=O)(=O)NCCCC(=O)O)ccc1OC. The molecular formula is C13H17NO7S. The number of nitrogens with one attached hydrogen (secondary N) is 1. The van der Waals surface area contributed by atoms with Crippen molar-refractivity contribution in [3.8, 4) is 5.75 Å². The average molecular weight is 331 g/mol. The van der Waals surface area contributed by atoms with Crippen molar-refractivity contribution in [2.24, 2.45) is 0 Å². The monoisotopic (exact) mass is 331 g/mol. The zero-order valence-corrected chi connectivity index (χ0v) is 13.0. The maximum absolute atomic E-state index is 12.1. The van der Waals surface area contributed by atoms with Crippen LogP contribution in [0.2, 0.25) is 0 Å². The third-order valence-electron chi connectivity index (χ3n) is 2.75. The van der Waals surface area contributed by atoms with Crippen molar-refractivity contribution < 1.29 is 32.6 Å². The van der Waals surface area contributed by atoms with Crippen LogP contribution in [0.3, 0.4) is 0 Å². The largest absolute Gasteiger partial charge is 0.496 e. The Bertz CT molecular complexity index is 654. The molecule has 122 valence electrons. The number of hydrogen-bond acceptors (Lipinski definition) is 6. The number of sulfonamides is 1. The van der Waals surface area contributed by atoms with Crippen molar-refractivity contribution >= 4 is 22.0 Å². The van der Waals surface area contributed by atoms with Gasteiger partial charge < -0.3 is 14.6 Å². The molecule has 0 saturated carbocycles. The quantitative estimate of drug-likeness (QED) is 0.529. The smallest absolute Gasteiger partial charge is 0.341 e. The fourth-order valence-corrected chi connectivity index (χ4v) is 2.75. The van der Waals surface area contributed by atoms with Crippen LogP contribution < -0.4 is 9.46 Å². The summed E-state index contributed by atoms with van der Waals surface area (Å²) in [5, 5.41) is 8.50. The standard InChI is InChI=1S/C13H17NO7S/c1-20-11-6-5-9(8-10(11)13(17)21-2)22(18,19)14-7-3-4-12(15)16/h5-6,8,14H,3-4,7H2,1-2H3,(H,15,16). The molecule has 1 aromatic rings. The molecule has 22 heavy (non-hydrogen) atoms. The highest BCUT2D eigenvalue weighted by Crippen LogP contribution is 2.23. The van der Waals surface area contributed by atoms with E-state index in [-0.39, 0.29) is 35.6 Å².